The maximum atomic E-state index is 11.8. The third-order valence-corrected chi connectivity index (χ3v) is 4.13. The Bertz CT molecular complexity index is 585. The topological polar surface area (TPSA) is 52.3 Å². The molecule has 0 aliphatic carbocycles. The molecule has 94 valence electrons. The maximum Gasteiger partial charge on any atom is 0.338 e. The molecule has 6 heteroatoms. The largest absolute Gasteiger partial charge is 0.456 e. The van der Waals surface area contributed by atoms with Crippen molar-refractivity contribution in [3.63, 3.8) is 0 Å². The van der Waals surface area contributed by atoms with Crippen molar-refractivity contribution in [3.05, 3.63) is 49.6 Å². The van der Waals surface area contributed by atoms with Crippen LogP contribution in [0, 0.1) is 0 Å². The number of nitrogen functional groups attached to an aromatic ring is 1. The first-order valence-corrected chi connectivity index (χ1v) is 7.01. The zero-order valence-electron chi connectivity index (χ0n) is 9.15. The minimum absolute atomic E-state index is 0.214. The normalized spacial score (nSPS) is 10.3. The third-order valence-electron chi connectivity index (χ3n) is 2.21. The van der Waals surface area contributed by atoms with E-state index in [0.717, 1.165) is 9.35 Å². The molecule has 0 fully saturated rings. The van der Waals surface area contributed by atoms with Crippen molar-refractivity contribution in [1.82, 2.24) is 0 Å². The van der Waals surface area contributed by atoms with Crippen LogP contribution in [0.5, 0.6) is 0 Å². The van der Waals surface area contributed by atoms with E-state index >= 15 is 0 Å². The van der Waals surface area contributed by atoms with Crippen molar-refractivity contribution in [2.24, 2.45) is 0 Å². The lowest BCUT2D eigenvalue weighted by molar-refractivity contribution is 0.0477. The number of halogens is 2. The predicted molar refractivity (Wildman–Crippen MR) is 77.0 cm³/mol. The minimum Gasteiger partial charge on any atom is -0.456 e. The first-order valence-electron chi connectivity index (χ1n) is 5.02. The number of esters is 1. The average Bonchev–Trinajstić information content (AvgIpc) is 2.75. The molecule has 0 bridgehead atoms. The number of anilines is 1. The number of nitrogens with two attached hydrogens (primary N) is 1. The van der Waals surface area contributed by atoms with Crippen LogP contribution in [-0.2, 0) is 11.3 Å². The van der Waals surface area contributed by atoms with Gasteiger partial charge in [0, 0.05) is 15.0 Å². The SMILES string of the molecule is Nc1cc(C(=O)OCc2ccc(Cl)s2)ccc1Br. The van der Waals surface area contributed by atoms with Crippen LogP contribution in [-0.4, -0.2) is 5.97 Å². The van der Waals surface area contributed by atoms with E-state index in [1.165, 1.54) is 11.3 Å². The first-order chi connectivity index (χ1) is 8.56. The van der Waals surface area contributed by atoms with Crippen LogP contribution in [0.2, 0.25) is 4.34 Å². The van der Waals surface area contributed by atoms with Crippen LogP contribution >= 0.6 is 38.9 Å². The number of carbonyl (C=O) groups is 1. The van der Waals surface area contributed by atoms with Gasteiger partial charge in [0.25, 0.3) is 0 Å². The minimum atomic E-state index is -0.404. The molecule has 0 radical (unpaired) electrons. The standard InChI is InChI=1S/C12H9BrClNO2S/c13-9-3-1-7(5-10(9)15)12(16)17-6-8-2-4-11(14)18-8/h1-5H,6,15H2. The molecule has 2 N–H and O–H groups in total. The fourth-order valence-corrected chi connectivity index (χ4v) is 2.57. The Morgan fingerprint density at radius 3 is 2.78 bits per heavy atom. The Labute approximate surface area is 122 Å². The number of hydrogen-bond donors (Lipinski definition) is 1. The Hall–Kier alpha value is -1.04. The first kappa shape index (κ1) is 13.4. The quantitative estimate of drug-likeness (QED) is 0.672. The molecular formula is C12H9BrClNO2S. The maximum absolute atomic E-state index is 11.8. The smallest absolute Gasteiger partial charge is 0.338 e. The van der Waals surface area contributed by atoms with Gasteiger partial charge in [-0.15, -0.1) is 11.3 Å². The van der Waals surface area contributed by atoms with Crippen LogP contribution in [0.25, 0.3) is 0 Å². The molecule has 2 aromatic rings. The summed E-state index contributed by atoms with van der Waals surface area (Å²) in [6.45, 7) is 0.214. The summed E-state index contributed by atoms with van der Waals surface area (Å²) < 4.78 is 6.59. The van der Waals surface area contributed by atoms with E-state index in [4.69, 9.17) is 22.1 Å². The van der Waals surface area contributed by atoms with Gasteiger partial charge in [-0.25, -0.2) is 4.79 Å². The molecule has 0 spiro atoms. The van der Waals surface area contributed by atoms with Gasteiger partial charge in [-0.3, -0.25) is 0 Å². The molecule has 1 aromatic carbocycles. The third kappa shape index (κ3) is 3.25. The monoisotopic (exact) mass is 345 g/mol. The number of rotatable bonds is 3. The van der Waals surface area contributed by atoms with Gasteiger partial charge in [-0.05, 0) is 46.3 Å². The van der Waals surface area contributed by atoms with Gasteiger partial charge in [0.15, 0.2) is 0 Å². The molecule has 0 saturated heterocycles. The summed E-state index contributed by atoms with van der Waals surface area (Å²) in [6.07, 6.45) is 0. The second kappa shape index (κ2) is 5.73. The van der Waals surface area contributed by atoms with Gasteiger partial charge in [-0.2, -0.15) is 0 Å². The van der Waals surface area contributed by atoms with E-state index in [0.29, 0.717) is 15.6 Å². The molecule has 0 unspecified atom stereocenters. The lowest BCUT2D eigenvalue weighted by atomic mass is 10.2. The molecule has 0 aliphatic heterocycles. The Kier molecular flexibility index (Phi) is 4.27. The van der Waals surface area contributed by atoms with Crippen molar-refractivity contribution in [1.29, 1.82) is 0 Å². The zero-order chi connectivity index (χ0) is 13.1. The highest BCUT2D eigenvalue weighted by atomic mass is 79.9. The molecule has 1 aromatic heterocycles. The lowest BCUT2D eigenvalue weighted by Gasteiger charge is -2.05. The Morgan fingerprint density at radius 2 is 2.17 bits per heavy atom. The van der Waals surface area contributed by atoms with Crippen molar-refractivity contribution in [2.75, 3.05) is 5.73 Å². The highest BCUT2D eigenvalue weighted by Gasteiger charge is 2.09. The predicted octanol–water partition coefficient (Wildman–Crippen LogP) is 4.10. The van der Waals surface area contributed by atoms with Crippen molar-refractivity contribution >= 4 is 50.5 Å². The second-order valence-electron chi connectivity index (χ2n) is 3.52. The van der Waals surface area contributed by atoms with Crippen molar-refractivity contribution in [3.8, 4) is 0 Å². The van der Waals surface area contributed by atoms with Crippen molar-refractivity contribution < 1.29 is 9.53 Å². The van der Waals surface area contributed by atoms with E-state index in [2.05, 4.69) is 15.9 Å². The average molecular weight is 347 g/mol. The van der Waals surface area contributed by atoms with Crippen LogP contribution in [0.3, 0.4) is 0 Å². The number of thiophene rings is 1. The summed E-state index contributed by atoms with van der Waals surface area (Å²) in [7, 11) is 0. The molecule has 0 saturated carbocycles. The summed E-state index contributed by atoms with van der Waals surface area (Å²) in [5, 5.41) is 0. The molecular weight excluding hydrogens is 338 g/mol. The molecule has 2 rings (SSSR count). The lowest BCUT2D eigenvalue weighted by Crippen LogP contribution is -2.05. The van der Waals surface area contributed by atoms with Crippen LogP contribution in [0.15, 0.2) is 34.8 Å². The molecule has 0 atom stereocenters. The molecule has 0 amide bonds. The van der Waals surface area contributed by atoms with Gasteiger partial charge in [0.2, 0.25) is 0 Å². The van der Waals surface area contributed by atoms with E-state index in [1.54, 1.807) is 24.3 Å². The summed E-state index contributed by atoms with van der Waals surface area (Å²) in [6, 6.07) is 8.55. The second-order valence-corrected chi connectivity index (χ2v) is 6.17. The van der Waals surface area contributed by atoms with E-state index in [-0.39, 0.29) is 6.61 Å². The fourth-order valence-electron chi connectivity index (χ4n) is 1.32. The highest BCUT2D eigenvalue weighted by Crippen LogP contribution is 2.23. The summed E-state index contributed by atoms with van der Waals surface area (Å²) in [5.41, 5.74) is 6.63. The van der Waals surface area contributed by atoms with Crippen molar-refractivity contribution in [2.45, 2.75) is 6.61 Å². The molecule has 3 nitrogen and oxygen atoms in total. The van der Waals surface area contributed by atoms with E-state index in [9.17, 15) is 4.79 Å². The van der Waals surface area contributed by atoms with Crippen LogP contribution in [0.1, 0.15) is 15.2 Å². The summed E-state index contributed by atoms with van der Waals surface area (Å²) >= 11 is 10.4. The van der Waals surface area contributed by atoms with Gasteiger partial charge < -0.3 is 10.5 Å². The summed E-state index contributed by atoms with van der Waals surface area (Å²) in [5.74, 6) is -0.404. The van der Waals surface area contributed by atoms with Gasteiger partial charge in [0.05, 0.1) is 9.90 Å². The number of carbonyl (C=O) groups excluding carboxylic acids is 1. The van der Waals surface area contributed by atoms with E-state index < -0.39 is 5.97 Å². The fraction of sp³-hybridized carbons (Fsp3) is 0.0833. The Balaban J connectivity index is 2.01. The van der Waals surface area contributed by atoms with Gasteiger partial charge in [0.1, 0.15) is 6.61 Å². The van der Waals surface area contributed by atoms with Gasteiger partial charge in [-0.1, -0.05) is 11.6 Å². The highest BCUT2D eigenvalue weighted by molar-refractivity contribution is 9.10. The number of hydrogen-bond acceptors (Lipinski definition) is 4. The Morgan fingerprint density at radius 1 is 1.39 bits per heavy atom. The molecule has 18 heavy (non-hydrogen) atoms. The van der Waals surface area contributed by atoms with Gasteiger partial charge >= 0.3 is 5.97 Å². The molecule has 0 aliphatic rings. The van der Waals surface area contributed by atoms with Crippen LogP contribution in [0.4, 0.5) is 5.69 Å². The van der Waals surface area contributed by atoms with Crippen LogP contribution < -0.4 is 5.73 Å². The number of benzene rings is 1. The zero-order valence-corrected chi connectivity index (χ0v) is 12.3. The summed E-state index contributed by atoms with van der Waals surface area (Å²) in [4.78, 5) is 12.7. The molecule has 1 heterocycles. The number of ether oxygens (including phenoxy) is 1. The van der Waals surface area contributed by atoms with E-state index in [1.807, 2.05) is 6.07 Å².